The molecule has 4 rings (SSSR count). The Morgan fingerprint density at radius 3 is 2.63 bits per heavy atom. The molecule has 1 atom stereocenters. The van der Waals surface area contributed by atoms with Crippen molar-refractivity contribution in [3.63, 3.8) is 0 Å². The fourth-order valence-electron chi connectivity index (χ4n) is 3.04. The van der Waals surface area contributed by atoms with Crippen LogP contribution in [0.5, 0.6) is 5.75 Å². The molecule has 0 spiro atoms. The Kier molecular flexibility index (Phi) is 4.12. The van der Waals surface area contributed by atoms with Gasteiger partial charge in [-0.1, -0.05) is 24.3 Å². The molecule has 2 aromatic carbocycles. The number of anilines is 2. The summed E-state index contributed by atoms with van der Waals surface area (Å²) in [6, 6.07) is 16.0. The number of hydrogen-bond donors (Lipinski definition) is 3. The summed E-state index contributed by atoms with van der Waals surface area (Å²) in [7, 11) is 0. The fraction of sp³-hybridized carbons (Fsp3) is 0.150. The molecule has 3 aromatic rings. The van der Waals surface area contributed by atoms with E-state index in [1.165, 1.54) is 10.6 Å². The van der Waals surface area contributed by atoms with Crippen LogP contribution in [0.25, 0.3) is 0 Å². The SMILES string of the molecule is Cc1cccc(NC2=N[C@H](c3ccc(O)cc3)n3c(nc(C)cc3=O)N2)c1. The van der Waals surface area contributed by atoms with Gasteiger partial charge in [0.25, 0.3) is 5.56 Å². The first-order valence-electron chi connectivity index (χ1n) is 8.57. The highest BCUT2D eigenvalue weighted by atomic mass is 16.3. The minimum atomic E-state index is -0.588. The van der Waals surface area contributed by atoms with Crippen molar-refractivity contribution in [2.75, 3.05) is 10.6 Å². The molecule has 7 heteroatoms. The van der Waals surface area contributed by atoms with Crippen LogP contribution in [0.2, 0.25) is 0 Å². The maximum atomic E-state index is 12.6. The first kappa shape index (κ1) is 16.8. The number of nitrogens with zero attached hydrogens (tertiary/aromatic N) is 3. The molecule has 1 aliphatic heterocycles. The quantitative estimate of drug-likeness (QED) is 0.653. The summed E-state index contributed by atoms with van der Waals surface area (Å²) in [4.78, 5) is 21.7. The highest BCUT2D eigenvalue weighted by molar-refractivity contribution is 6.03. The van der Waals surface area contributed by atoms with Crippen molar-refractivity contribution in [1.82, 2.24) is 9.55 Å². The van der Waals surface area contributed by atoms with Gasteiger partial charge in [0.2, 0.25) is 11.9 Å². The highest BCUT2D eigenvalue weighted by Gasteiger charge is 2.25. The van der Waals surface area contributed by atoms with E-state index in [9.17, 15) is 9.90 Å². The first-order valence-corrected chi connectivity index (χ1v) is 8.57. The number of rotatable bonds is 2. The van der Waals surface area contributed by atoms with Crippen molar-refractivity contribution >= 4 is 17.6 Å². The smallest absolute Gasteiger partial charge is 0.257 e. The molecule has 2 heterocycles. The molecule has 7 nitrogen and oxygen atoms in total. The van der Waals surface area contributed by atoms with Gasteiger partial charge in [-0.3, -0.25) is 14.7 Å². The van der Waals surface area contributed by atoms with Gasteiger partial charge in [-0.15, -0.1) is 0 Å². The van der Waals surface area contributed by atoms with Gasteiger partial charge in [-0.05, 0) is 49.2 Å². The standard InChI is InChI=1S/C20H19N5O2/c1-12-4-3-5-15(10-12)22-19-23-18(14-6-8-16(26)9-7-14)25-17(27)11-13(2)21-20(25)24-19/h3-11,18,26H,1-2H3,(H2,21,22,23,24)/t18-/m0/s1. The first-order chi connectivity index (χ1) is 13.0. The number of fused-ring (bicyclic) bond motifs is 1. The Morgan fingerprint density at radius 1 is 1.11 bits per heavy atom. The van der Waals surface area contributed by atoms with E-state index in [4.69, 9.17) is 0 Å². The molecule has 1 aliphatic rings. The number of nitrogens with one attached hydrogen (secondary N) is 2. The van der Waals surface area contributed by atoms with Crippen molar-refractivity contribution in [2.45, 2.75) is 20.0 Å². The Labute approximate surface area is 156 Å². The zero-order valence-corrected chi connectivity index (χ0v) is 15.0. The number of phenolic OH excluding ortho intramolecular Hbond substituents is 1. The van der Waals surface area contributed by atoms with E-state index in [0.717, 1.165) is 16.8 Å². The van der Waals surface area contributed by atoms with Crippen LogP contribution < -0.4 is 16.2 Å². The van der Waals surface area contributed by atoms with E-state index in [-0.39, 0.29) is 11.3 Å². The molecule has 0 bridgehead atoms. The van der Waals surface area contributed by atoms with E-state index >= 15 is 0 Å². The Hall–Kier alpha value is -3.61. The maximum absolute atomic E-state index is 12.6. The average Bonchev–Trinajstić information content (AvgIpc) is 2.61. The van der Waals surface area contributed by atoms with Crippen LogP contribution >= 0.6 is 0 Å². The normalized spacial score (nSPS) is 15.5. The van der Waals surface area contributed by atoms with Gasteiger partial charge in [0.1, 0.15) is 5.75 Å². The predicted octanol–water partition coefficient (Wildman–Crippen LogP) is 3.01. The summed E-state index contributed by atoms with van der Waals surface area (Å²) >= 11 is 0. The predicted molar refractivity (Wildman–Crippen MR) is 105 cm³/mol. The molecule has 0 saturated carbocycles. The lowest BCUT2D eigenvalue weighted by atomic mass is 10.1. The minimum Gasteiger partial charge on any atom is -0.508 e. The molecular formula is C20H19N5O2. The van der Waals surface area contributed by atoms with Crippen LogP contribution in [0.3, 0.4) is 0 Å². The zero-order chi connectivity index (χ0) is 19.0. The molecule has 136 valence electrons. The van der Waals surface area contributed by atoms with Gasteiger partial charge in [0.05, 0.1) is 0 Å². The summed E-state index contributed by atoms with van der Waals surface area (Å²) in [5, 5.41) is 15.9. The van der Waals surface area contributed by atoms with Crippen LogP contribution in [0.4, 0.5) is 11.6 Å². The van der Waals surface area contributed by atoms with Crippen molar-refractivity contribution in [3.05, 3.63) is 81.8 Å². The Bertz CT molecular complexity index is 1090. The number of benzene rings is 2. The summed E-state index contributed by atoms with van der Waals surface area (Å²) in [6.07, 6.45) is -0.588. The third-order valence-corrected chi connectivity index (χ3v) is 4.28. The molecular weight excluding hydrogens is 342 g/mol. The molecule has 1 aromatic heterocycles. The van der Waals surface area contributed by atoms with E-state index in [2.05, 4.69) is 20.6 Å². The van der Waals surface area contributed by atoms with Gasteiger partial charge in [0, 0.05) is 17.4 Å². The molecule has 0 saturated heterocycles. The molecule has 0 fully saturated rings. The van der Waals surface area contributed by atoms with E-state index < -0.39 is 6.17 Å². The third-order valence-electron chi connectivity index (χ3n) is 4.28. The monoisotopic (exact) mass is 361 g/mol. The second kappa shape index (κ2) is 6.60. The second-order valence-electron chi connectivity index (χ2n) is 6.49. The van der Waals surface area contributed by atoms with E-state index in [1.54, 1.807) is 31.2 Å². The van der Waals surface area contributed by atoms with Crippen LogP contribution in [-0.2, 0) is 0 Å². The lowest BCUT2D eigenvalue weighted by Crippen LogP contribution is -2.37. The van der Waals surface area contributed by atoms with E-state index in [0.29, 0.717) is 17.6 Å². The van der Waals surface area contributed by atoms with Gasteiger partial charge in [0.15, 0.2) is 6.17 Å². The third kappa shape index (κ3) is 3.39. The summed E-state index contributed by atoms with van der Waals surface area (Å²) in [6.45, 7) is 3.79. The average molecular weight is 361 g/mol. The summed E-state index contributed by atoms with van der Waals surface area (Å²) in [5.41, 5.74) is 3.21. The largest absolute Gasteiger partial charge is 0.508 e. The van der Waals surface area contributed by atoms with Crippen LogP contribution in [0.1, 0.15) is 23.0 Å². The van der Waals surface area contributed by atoms with Crippen molar-refractivity contribution in [1.29, 1.82) is 0 Å². The summed E-state index contributed by atoms with van der Waals surface area (Å²) in [5.74, 6) is 1.07. The molecule has 0 radical (unpaired) electrons. The topological polar surface area (TPSA) is 91.5 Å². The molecule has 0 aliphatic carbocycles. The van der Waals surface area contributed by atoms with Gasteiger partial charge < -0.3 is 10.4 Å². The lowest BCUT2D eigenvalue weighted by molar-refractivity contribution is 0.474. The second-order valence-corrected chi connectivity index (χ2v) is 6.49. The summed E-state index contributed by atoms with van der Waals surface area (Å²) < 4.78 is 1.50. The number of guanidine groups is 1. The number of phenols is 1. The van der Waals surface area contributed by atoms with E-state index in [1.807, 2.05) is 31.2 Å². The molecule has 0 unspecified atom stereocenters. The van der Waals surface area contributed by atoms with Crippen molar-refractivity contribution in [3.8, 4) is 5.75 Å². The number of aryl methyl sites for hydroxylation is 2. The maximum Gasteiger partial charge on any atom is 0.257 e. The van der Waals surface area contributed by atoms with Gasteiger partial charge in [-0.2, -0.15) is 0 Å². The lowest BCUT2D eigenvalue weighted by Gasteiger charge is -2.27. The fourth-order valence-corrected chi connectivity index (χ4v) is 3.04. The van der Waals surface area contributed by atoms with Crippen molar-refractivity contribution < 1.29 is 5.11 Å². The van der Waals surface area contributed by atoms with Gasteiger partial charge in [-0.25, -0.2) is 9.98 Å². The minimum absolute atomic E-state index is 0.157. The number of hydrogen-bond acceptors (Lipinski definition) is 6. The molecule has 3 N–H and O–H groups in total. The highest BCUT2D eigenvalue weighted by Crippen LogP contribution is 2.27. The van der Waals surface area contributed by atoms with Crippen molar-refractivity contribution in [2.24, 2.45) is 4.99 Å². The zero-order valence-electron chi connectivity index (χ0n) is 15.0. The van der Waals surface area contributed by atoms with Crippen LogP contribution in [0.15, 0.2) is 64.4 Å². The number of aromatic nitrogens is 2. The Balaban J connectivity index is 1.80. The van der Waals surface area contributed by atoms with Crippen LogP contribution in [0, 0.1) is 13.8 Å². The number of aliphatic imine (C=N–C) groups is 1. The van der Waals surface area contributed by atoms with Crippen LogP contribution in [-0.4, -0.2) is 20.6 Å². The Morgan fingerprint density at radius 2 is 1.89 bits per heavy atom. The molecule has 0 amide bonds. The molecule has 27 heavy (non-hydrogen) atoms. The number of aromatic hydroxyl groups is 1. The van der Waals surface area contributed by atoms with Gasteiger partial charge >= 0.3 is 0 Å².